The van der Waals surface area contributed by atoms with Gasteiger partial charge in [-0.25, -0.2) is 4.79 Å². The first-order valence-electron chi connectivity index (χ1n) is 10.2. The topological polar surface area (TPSA) is 98.8 Å². The van der Waals surface area contributed by atoms with Crippen LogP contribution in [0.5, 0.6) is 0 Å². The van der Waals surface area contributed by atoms with Crippen molar-refractivity contribution in [3.8, 4) is 0 Å². The second kappa shape index (κ2) is 9.42. The van der Waals surface area contributed by atoms with Crippen molar-refractivity contribution >= 4 is 35.1 Å². The van der Waals surface area contributed by atoms with E-state index in [1.165, 1.54) is 4.90 Å². The number of hydrogen-bond donors (Lipinski definition) is 2. The van der Waals surface area contributed by atoms with Gasteiger partial charge in [-0.2, -0.15) is 0 Å². The van der Waals surface area contributed by atoms with Gasteiger partial charge < -0.3 is 10.6 Å². The van der Waals surface area contributed by atoms with E-state index in [9.17, 15) is 19.2 Å². The molecule has 1 saturated heterocycles. The van der Waals surface area contributed by atoms with Crippen LogP contribution >= 0.6 is 0 Å². The molecule has 0 saturated carbocycles. The molecule has 8 heteroatoms. The third-order valence-corrected chi connectivity index (χ3v) is 5.18. The van der Waals surface area contributed by atoms with Crippen molar-refractivity contribution in [2.24, 2.45) is 0 Å². The van der Waals surface area contributed by atoms with Crippen LogP contribution in [0.3, 0.4) is 0 Å². The van der Waals surface area contributed by atoms with Gasteiger partial charge in [0.05, 0.1) is 6.54 Å². The van der Waals surface area contributed by atoms with Crippen molar-refractivity contribution in [3.63, 3.8) is 0 Å². The molecule has 0 aliphatic carbocycles. The van der Waals surface area contributed by atoms with E-state index < -0.39 is 30.4 Å². The molecule has 3 rings (SSSR count). The van der Waals surface area contributed by atoms with Gasteiger partial charge >= 0.3 is 6.03 Å². The van der Waals surface area contributed by atoms with Crippen LogP contribution in [0.4, 0.5) is 16.2 Å². The summed E-state index contributed by atoms with van der Waals surface area (Å²) in [4.78, 5) is 52.1. The molecular weight excluding hydrogens is 396 g/mol. The first-order valence-corrected chi connectivity index (χ1v) is 10.2. The molecule has 1 aliphatic heterocycles. The maximum absolute atomic E-state index is 12.8. The van der Waals surface area contributed by atoms with Gasteiger partial charge in [-0.3, -0.25) is 24.2 Å². The zero-order chi connectivity index (χ0) is 22.5. The number of urea groups is 1. The van der Waals surface area contributed by atoms with Crippen molar-refractivity contribution < 1.29 is 19.2 Å². The summed E-state index contributed by atoms with van der Waals surface area (Å²) in [7, 11) is 0. The SMILES string of the molecule is CCc1ccccc1NC(=O)CNC(=O)CN1C(=O)[C@H](C)N(c2ccc(C)cc2)C1=O. The number of nitrogens with one attached hydrogen (secondary N) is 2. The van der Waals surface area contributed by atoms with Gasteiger partial charge in [0.1, 0.15) is 12.6 Å². The van der Waals surface area contributed by atoms with Gasteiger partial charge in [-0.15, -0.1) is 0 Å². The van der Waals surface area contributed by atoms with Gasteiger partial charge in [0, 0.05) is 11.4 Å². The fraction of sp³-hybridized carbons (Fsp3) is 0.304. The lowest BCUT2D eigenvalue weighted by Gasteiger charge is -2.19. The average molecular weight is 422 g/mol. The van der Waals surface area contributed by atoms with E-state index in [1.807, 2.05) is 44.2 Å². The minimum atomic E-state index is -0.711. The zero-order valence-corrected chi connectivity index (χ0v) is 17.8. The minimum Gasteiger partial charge on any atom is -0.345 e. The molecule has 31 heavy (non-hydrogen) atoms. The smallest absolute Gasteiger partial charge is 0.332 e. The first-order chi connectivity index (χ1) is 14.8. The highest BCUT2D eigenvalue weighted by Gasteiger charge is 2.44. The van der Waals surface area contributed by atoms with Crippen molar-refractivity contribution in [1.82, 2.24) is 10.2 Å². The highest BCUT2D eigenvalue weighted by molar-refractivity contribution is 6.15. The van der Waals surface area contributed by atoms with E-state index in [0.717, 1.165) is 22.4 Å². The first kappa shape index (κ1) is 22.0. The lowest BCUT2D eigenvalue weighted by atomic mass is 10.1. The van der Waals surface area contributed by atoms with Crippen LogP contribution in [0, 0.1) is 6.92 Å². The number of carbonyl (C=O) groups is 4. The summed E-state index contributed by atoms with van der Waals surface area (Å²) in [5, 5.41) is 5.23. The molecule has 5 amide bonds. The quantitative estimate of drug-likeness (QED) is 0.670. The van der Waals surface area contributed by atoms with Crippen molar-refractivity contribution in [2.75, 3.05) is 23.3 Å². The molecule has 162 valence electrons. The monoisotopic (exact) mass is 422 g/mol. The predicted molar refractivity (Wildman–Crippen MR) is 118 cm³/mol. The number of rotatable bonds is 7. The molecular formula is C23H26N4O4. The third-order valence-electron chi connectivity index (χ3n) is 5.18. The predicted octanol–water partition coefficient (Wildman–Crippen LogP) is 2.47. The van der Waals surface area contributed by atoms with E-state index in [0.29, 0.717) is 11.4 Å². The molecule has 0 spiro atoms. The lowest BCUT2D eigenvalue weighted by molar-refractivity contribution is -0.132. The molecule has 2 aromatic carbocycles. The van der Waals surface area contributed by atoms with E-state index >= 15 is 0 Å². The van der Waals surface area contributed by atoms with Crippen LogP contribution in [0.2, 0.25) is 0 Å². The molecule has 1 heterocycles. The number of para-hydroxylation sites is 1. The molecule has 1 fully saturated rings. The Morgan fingerprint density at radius 1 is 1.00 bits per heavy atom. The zero-order valence-electron chi connectivity index (χ0n) is 17.8. The van der Waals surface area contributed by atoms with Crippen LogP contribution in [0.25, 0.3) is 0 Å². The van der Waals surface area contributed by atoms with Gasteiger partial charge in [-0.05, 0) is 44.0 Å². The average Bonchev–Trinajstić information content (AvgIpc) is 2.96. The van der Waals surface area contributed by atoms with Crippen molar-refractivity contribution in [1.29, 1.82) is 0 Å². The fourth-order valence-corrected chi connectivity index (χ4v) is 3.43. The Morgan fingerprint density at radius 2 is 1.68 bits per heavy atom. The highest BCUT2D eigenvalue weighted by Crippen LogP contribution is 2.25. The number of hydrogen-bond acceptors (Lipinski definition) is 4. The molecule has 1 aliphatic rings. The van der Waals surface area contributed by atoms with Crippen LogP contribution in [-0.2, 0) is 20.8 Å². The maximum Gasteiger partial charge on any atom is 0.332 e. The van der Waals surface area contributed by atoms with E-state index in [4.69, 9.17) is 0 Å². The van der Waals surface area contributed by atoms with Gasteiger partial charge in [0.2, 0.25) is 11.8 Å². The largest absolute Gasteiger partial charge is 0.345 e. The van der Waals surface area contributed by atoms with Gasteiger partial charge in [-0.1, -0.05) is 42.8 Å². The Hall–Kier alpha value is -3.68. The molecule has 8 nitrogen and oxygen atoms in total. The Bertz CT molecular complexity index is 1000. The number of aryl methyl sites for hydroxylation is 2. The number of nitrogens with zero attached hydrogens (tertiary/aromatic N) is 2. The molecule has 0 unspecified atom stereocenters. The fourth-order valence-electron chi connectivity index (χ4n) is 3.43. The summed E-state index contributed by atoms with van der Waals surface area (Å²) in [6.45, 7) is 4.83. The normalized spacial score (nSPS) is 15.9. The number of imide groups is 1. The van der Waals surface area contributed by atoms with Gasteiger partial charge in [0.15, 0.2) is 0 Å². The van der Waals surface area contributed by atoms with E-state index in [-0.39, 0.29) is 12.5 Å². The number of benzene rings is 2. The second-order valence-corrected chi connectivity index (χ2v) is 7.42. The maximum atomic E-state index is 12.8. The summed E-state index contributed by atoms with van der Waals surface area (Å²) in [6.07, 6.45) is 0.762. The third kappa shape index (κ3) is 4.91. The van der Waals surface area contributed by atoms with E-state index in [1.54, 1.807) is 25.1 Å². The molecule has 2 aromatic rings. The Labute approximate surface area is 181 Å². The minimum absolute atomic E-state index is 0.260. The van der Waals surface area contributed by atoms with Crippen LogP contribution in [0.1, 0.15) is 25.0 Å². The summed E-state index contributed by atoms with van der Waals surface area (Å²) >= 11 is 0. The molecule has 0 bridgehead atoms. The number of anilines is 2. The van der Waals surface area contributed by atoms with Crippen molar-refractivity contribution in [2.45, 2.75) is 33.2 Å². The molecule has 2 N–H and O–H groups in total. The number of amides is 5. The Kier molecular flexibility index (Phi) is 6.69. The molecule has 0 radical (unpaired) electrons. The summed E-state index contributed by atoms with van der Waals surface area (Å²) < 4.78 is 0. The van der Waals surface area contributed by atoms with Gasteiger partial charge in [0.25, 0.3) is 5.91 Å². The van der Waals surface area contributed by atoms with E-state index in [2.05, 4.69) is 10.6 Å². The summed E-state index contributed by atoms with van der Waals surface area (Å²) in [6, 6.07) is 13.4. The summed E-state index contributed by atoms with van der Waals surface area (Å²) in [5.74, 6) is -1.43. The van der Waals surface area contributed by atoms with Crippen LogP contribution in [0.15, 0.2) is 48.5 Å². The molecule has 0 aromatic heterocycles. The standard InChI is InChI=1S/C23H26N4O4/c1-4-17-7-5-6-8-19(17)25-20(28)13-24-21(29)14-26-22(30)16(3)27(23(26)31)18-11-9-15(2)10-12-18/h5-12,16H,4,13-14H2,1-3H3,(H,24,29)(H,25,28)/t16-/m0/s1. The number of carbonyl (C=O) groups excluding carboxylic acids is 4. The Balaban J connectivity index is 1.57. The van der Waals surface area contributed by atoms with Crippen LogP contribution in [-0.4, -0.2) is 47.8 Å². The molecule has 1 atom stereocenters. The second-order valence-electron chi connectivity index (χ2n) is 7.42. The lowest BCUT2D eigenvalue weighted by Crippen LogP contribution is -2.43. The van der Waals surface area contributed by atoms with Crippen LogP contribution < -0.4 is 15.5 Å². The van der Waals surface area contributed by atoms with Crippen molar-refractivity contribution in [3.05, 3.63) is 59.7 Å². The summed E-state index contributed by atoms with van der Waals surface area (Å²) in [5.41, 5.74) is 3.30. The Morgan fingerprint density at radius 3 is 2.35 bits per heavy atom. The highest BCUT2D eigenvalue weighted by atomic mass is 16.2.